The molecule has 144 valence electrons. The molecule has 2 aromatic rings. The van der Waals surface area contributed by atoms with Crippen LogP contribution in [0.15, 0.2) is 30.6 Å². The molecule has 7 nitrogen and oxygen atoms in total. The summed E-state index contributed by atoms with van der Waals surface area (Å²) >= 11 is 1.42. The van der Waals surface area contributed by atoms with Crippen LogP contribution in [0.4, 0.5) is 9.80 Å². The van der Waals surface area contributed by atoms with Crippen molar-refractivity contribution in [2.24, 2.45) is 5.92 Å². The fraction of sp³-hybridized carbons (Fsp3) is 0.300. The Morgan fingerprint density at radius 2 is 2.36 bits per heavy atom. The van der Waals surface area contributed by atoms with Crippen molar-refractivity contribution in [3.05, 3.63) is 52.2 Å². The van der Waals surface area contributed by atoms with E-state index in [0.29, 0.717) is 17.2 Å². The minimum absolute atomic E-state index is 0.212. The largest absolute Gasteiger partial charge is 0.449 e. The Morgan fingerprint density at radius 3 is 3.07 bits per heavy atom. The molecule has 0 radical (unpaired) electrons. The normalized spacial score (nSPS) is 15.5. The second kappa shape index (κ2) is 9.15. The topological polar surface area (TPSA) is 104 Å². The van der Waals surface area contributed by atoms with E-state index in [1.807, 2.05) is 6.07 Å². The van der Waals surface area contributed by atoms with E-state index < -0.39 is 6.09 Å². The predicted octanol–water partition coefficient (Wildman–Crippen LogP) is 3.13. The number of carbonyl (C=O) groups excluding carboxylic acids is 2. The number of rotatable bonds is 5. The van der Waals surface area contributed by atoms with Gasteiger partial charge in [-0.15, -0.1) is 11.3 Å². The third-order valence-corrected chi connectivity index (χ3v) is 5.65. The Bertz CT molecular complexity index is 931. The molecule has 8 heteroatoms. The molecule has 1 aliphatic rings. The molecule has 0 fully saturated rings. The van der Waals surface area contributed by atoms with Crippen LogP contribution in [-0.2, 0) is 22.4 Å². The summed E-state index contributed by atoms with van der Waals surface area (Å²) in [5.74, 6) is -0.0810. The molecule has 1 aliphatic carbocycles. The average molecular weight is 396 g/mol. The van der Waals surface area contributed by atoms with Crippen molar-refractivity contribution < 1.29 is 14.3 Å². The highest BCUT2D eigenvalue weighted by Crippen LogP contribution is 2.39. The Labute approximate surface area is 167 Å². The number of nitrogens with zero attached hydrogens (tertiary/aromatic N) is 2. The van der Waals surface area contributed by atoms with E-state index in [1.165, 1.54) is 24.5 Å². The predicted molar refractivity (Wildman–Crippen MR) is 107 cm³/mol. The molecule has 0 saturated heterocycles. The van der Waals surface area contributed by atoms with Gasteiger partial charge in [0.25, 0.3) is 0 Å². The lowest BCUT2D eigenvalue weighted by Crippen LogP contribution is -2.25. The van der Waals surface area contributed by atoms with Crippen molar-refractivity contribution in [3.63, 3.8) is 0 Å². The third-order valence-electron chi connectivity index (χ3n) is 4.48. The molecule has 2 heterocycles. The Morgan fingerprint density at radius 1 is 1.50 bits per heavy atom. The lowest BCUT2D eigenvalue weighted by Gasteiger charge is -2.21. The number of thiophene rings is 1. The molecule has 0 spiro atoms. The number of anilines is 1. The van der Waals surface area contributed by atoms with Crippen LogP contribution in [0.5, 0.6) is 0 Å². The smallest absolute Gasteiger partial charge is 0.406 e. The van der Waals surface area contributed by atoms with Crippen LogP contribution in [0.25, 0.3) is 6.08 Å². The number of carbonyl (C=O) groups is 2. The van der Waals surface area contributed by atoms with Gasteiger partial charge in [-0.3, -0.25) is 9.78 Å². The Balaban J connectivity index is 1.68. The van der Waals surface area contributed by atoms with Crippen LogP contribution < -0.4 is 10.6 Å². The van der Waals surface area contributed by atoms with Gasteiger partial charge in [0, 0.05) is 30.4 Å². The number of fused-ring (bicyclic) bond motifs is 1. The highest BCUT2D eigenvalue weighted by Gasteiger charge is 2.27. The maximum atomic E-state index is 12.3. The van der Waals surface area contributed by atoms with Gasteiger partial charge in [-0.2, -0.15) is 5.26 Å². The molecule has 2 aromatic heterocycles. The van der Waals surface area contributed by atoms with Gasteiger partial charge >= 0.3 is 6.09 Å². The van der Waals surface area contributed by atoms with Crippen LogP contribution >= 0.6 is 11.3 Å². The highest BCUT2D eigenvalue weighted by atomic mass is 32.1. The van der Waals surface area contributed by atoms with E-state index in [1.54, 1.807) is 24.5 Å². The number of hydrogen-bond donors (Lipinski definition) is 2. The number of amides is 2. The minimum atomic E-state index is -0.442. The number of aromatic nitrogens is 1. The van der Waals surface area contributed by atoms with E-state index in [9.17, 15) is 14.9 Å². The summed E-state index contributed by atoms with van der Waals surface area (Å²) in [6.45, 7) is 0.342. The van der Waals surface area contributed by atoms with Gasteiger partial charge < -0.3 is 15.4 Å². The summed E-state index contributed by atoms with van der Waals surface area (Å²) in [7, 11) is 1.53. The zero-order valence-electron chi connectivity index (χ0n) is 15.4. The maximum absolute atomic E-state index is 12.3. The van der Waals surface area contributed by atoms with Gasteiger partial charge in [-0.05, 0) is 48.4 Å². The molecule has 2 N–H and O–H groups in total. The molecule has 0 bridgehead atoms. The van der Waals surface area contributed by atoms with Gasteiger partial charge in [0.1, 0.15) is 11.1 Å². The van der Waals surface area contributed by atoms with Crippen molar-refractivity contribution in [3.8, 4) is 6.07 Å². The summed E-state index contributed by atoms with van der Waals surface area (Å²) < 4.78 is 5.15. The first-order valence-corrected chi connectivity index (χ1v) is 9.70. The fourth-order valence-electron chi connectivity index (χ4n) is 3.07. The zero-order valence-corrected chi connectivity index (χ0v) is 16.2. The van der Waals surface area contributed by atoms with Crippen LogP contribution in [0.1, 0.15) is 28.0 Å². The molecule has 0 aromatic carbocycles. The van der Waals surface area contributed by atoms with Crippen molar-refractivity contribution in [2.75, 3.05) is 19.0 Å². The lowest BCUT2D eigenvalue weighted by atomic mass is 9.88. The Kier molecular flexibility index (Phi) is 6.40. The minimum Gasteiger partial charge on any atom is -0.449 e. The summed E-state index contributed by atoms with van der Waals surface area (Å²) in [4.78, 5) is 28.6. The number of nitrogens with one attached hydrogen (secondary N) is 2. The number of alkyl carbamates (subject to hydrolysis) is 1. The molecular formula is C20H20N4O3S. The molecule has 3 rings (SSSR count). The number of hydrogen-bond acceptors (Lipinski definition) is 6. The van der Waals surface area contributed by atoms with Crippen LogP contribution in [0, 0.1) is 17.2 Å². The summed E-state index contributed by atoms with van der Waals surface area (Å²) in [6, 6.07) is 5.87. The van der Waals surface area contributed by atoms with Crippen LogP contribution in [-0.4, -0.2) is 30.6 Å². The summed E-state index contributed by atoms with van der Waals surface area (Å²) in [5.41, 5.74) is 2.35. The van der Waals surface area contributed by atoms with Gasteiger partial charge in [0.15, 0.2) is 0 Å². The molecule has 1 unspecified atom stereocenters. The van der Waals surface area contributed by atoms with Crippen molar-refractivity contribution in [2.45, 2.75) is 19.3 Å². The van der Waals surface area contributed by atoms with E-state index in [0.717, 1.165) is 35.3 Å². The monoisotopic (exact) mass is 396 g/mol. The highest BCUT2D eigenvalue weighted by molar-refractivity contribution is 7.16. The van der Waals surface area contributed by atoms with Gasteiger partial charge in [-0.25, -0.2) is 4.79 Å². The summed E-state index contributed by atoms with van der Waals surface area (Å²) in [5, 5.41) is 15.4. The fourth-order valence-corrected chi connectivity index (χ4v) is 4.38. The zero-order chi connectivity index (χ0) is 19.9. The molecule has 0 saturated carbocycles. The van der Waals surface area contributed by atoms with Gasteiger partial charge in [-0.1, -0.05) is 6.07 Å². The third kappa shape index (κ3) is 4.75. The van der Waals surface area contributed by atoms with Gasteiger partial charge in [0.2, 0.25) is 5.91 Å². The van der Waals surface area contributed by atoms with Crippen molar-refractivity contribution in [1.82, 2.24) is 10.3 Å². The first-order valence-electron chi connectivity index (χ1n) is 8.89. The summed E-state index contributed by atoms with van der Waals surface area (Å²) in [6.07, 6.45) is 8.29. The van der Waals surface area contributed by atoms with E-state index in [-0.39, 0.29) is 11.8 Å². The second-order valence-electron chi connectivity index (χ2n) is 6.39. The van der Waals surface area contributed by atoms with E-state index in [4.69, 9.17) is 4.74 Å². The second-order valence-corrected chi connectivity index (χ2v) is 7.49. The maximum Gasteiger partial charge on any atom is 0.406 e. The molecular weight excluding hydrogens is 376 g/mol. The van der Waals surface area contributed by atoms with E-state index in [2.05, 4.69) is 21.7 Å². The van der Waals surface area contributed by atoms with Crippen LogP contribution in [0.3, 0.4) is 0 Å². The first-order chi connectivity index (χ1) is 13.6. The van der Waals surface area contributed by atoms with Gasteiger partial charge in [0.05, 0.1) is 12.2 Å². The van der Waals surface area contributed by atoms with Crippen molar-refractivity contribution >= 4 is 34.4 Å². The molecule has 1 atom stereocenters. The quantitative estimate of drug-likeness (QED) is 0.756. The first kappa shape index (κ1) is 19.6. The number of nitriles is 1. The SMILES string of the molecule is CNC(=O)OCC1CCc2c(sc(NC(=O)C=Cc3cccnc3)c2C#N)C1. The number of ether oxygens (including phenoxy) is 1. The standard InChI is InChI=1S/C20H20N4O3S/c1-22-20(26)27-12-14-4-6-15-16(10-21)19(28-17(15)9-14)24-18(25)7-5-13-3-2-8-23-11-13/h2-3,5,7-8,11,14H,4,6,9,12H2,1H3,(H,22,26)(H,24,25). The molecule has 0 aliphatic heterocycles. The van der Waals surface area contributed by atoms with Crippen molar-refractivity contribution in [1.29, 1.82) is 5.26 Å². The number of pyridine rings is 1. The average Bonchev–Trinajstić information content (AvgIpc) is 3.07. The van der Waals surface area contributed by atoms with Crippen LogP contribution in [0.2, 0.25) is 0 Å². The lowest BCUT2D eigenvalue weighted by molar-refractivity contribution is -0.111. The van der Waals surface area contributed by atoms with E-state index >= 15 is 0 Å². The molecule has 28 heavy (non-hydrogen) atoms. The molecule has 2 amide bonds. The Hall–Kier alpha value is -3.18.